The first-order chi connectivity index (χ1) is 18.2. The maximum atomic E-state index is 14.3. The van der Waals surface area contributed by atoms with Gasteiger partial charge in [-0.05, 0) is 74.9 Å². The van der Waals surface area contributed by atoms with Crippen molar-refractivity contribution in [3.8, 4) is 0 Å². The van der Waals surface area contributed by atoms with Gasteiger partial charge in [-0.25, -0.2) is 27.2 Å². The maximum Gasteiger partial charge on any atom is 0.281 e. The highest BCUT2D eigenvalue weighted by Crippen LogP contribution is 2.42. The lowest BCUT2D eigenvalue weighted by molar-refractivity contribution is -0.117. The molecule has 0 radical (unpaired) electrons. The number of aromatic nitrogens is 2. The van der Waals surface area contributed by atoms with E-state index in [4.69, 9.17) is 0 Å². The van der Waals surface area contributed by atoms with Crippen LogP contribution < -0.4 is 14.8 Å². The Labute approximate surface area is 226 Å². The van der Waals surface area contributed by atoms with Crippen LogP contribution in [0.2, 0.25) is 0 Å². The normalized spacial score (nSPS) is 17.7. The average Bonchev–Trinajstić information content (AvgIpc) is 3.61. The van der Waals surface area contributed by atoms with Gasteiger partial charge < -0.3 is 5.32 Å². The minimum absolute atomic E-state index is 0.155. The zero-order chi connectivity index (χ0) is 28.2. The quantitative estimate of drug-likeness (QED) is 0.353. The largest absolute Gasteiger partial charge is 0.380 e. The third-order valence-electron chi connectivity index (χ3n) is 6.72. The third-order valence-corrected chi connectivity index (χ3v) is 9.59. The van der Waals surface area contributed by atoms with E-state index in [1.165, 1.54) is 32.2 Å². The van der Waals surface area contributed by atoms with Gasteiger partial charge in [-0.3, -0.25) is 9.78 Å². The van der Waals surface area contributed by atoms with Gasteiger partial charge >= 0.3 is 0 Å². The van der Waals surface area contributed by atoms with E-state index >= 15 is 0 Å². The number of carbonyl (C=O) groups is 1. The Morgan fingerprint density at radius 2 is 1.79 bits per heavy atom. The predicted molar refractivity (Wildman–Crippen MR) is 144 cm³/mol. The maximum absolute atomic E-state index is 14.3. The molecule has 0 aliphatic heterocycles. The summed E-state index contributed by atoms with van der Waals surface area (Å²) in [4.78, 5) is 19.8. The second-order valence-electron chi connectivity index (χ2n) is 10.8. The Bertz CT molecular complexity index is 1670. The van der Waals surface area contributed by atoms with Crippen molar-refractivity contribution in [1.82, 2.24) is 19.4 Å². The summed E-state index contributed by atoms with van der Waals surface area (Å²) < 4.78 is 70.1. The highest BCUT2D eigenvalue weighted by Gasteiger charge is 2.33. The van der Waals surface area contributed by atoms with Crippen LogP contribution in [-0.4, -0.2) is 51.0 Å². The monoisotopic (exact) mass is 575 g/mol. The molecule has 2 aliphatic rings. The van der Waals surface area contributed by atoms with Gasteiger partial charge in [0.2, 0.25) is 15.9 Å². The van der Waals surface area contributed by atoms with Crippen molar-refractivity contribution in [1.29, 1.82) is 0 Å². The molecule has 3 aromatic rings. The summed E-state index contributed by atoms with van der Waals surface area (Å²) in [7, 11) is -8.11. The van der Waals surface area contributed by atoms with Crippen LogP contribution >= 0.6 is 0 Å². The summed E-state index contributed by atoms with van der Waals surface area (Å²) in [5, 5.41) is 4.28. The molecule has 39 heavy (non-hydrogen) atoms. The third kappa shape index (κ3) is 6.04. The smallest absolute Gasteiger partial charge is 0.281 e. The molecular formula is C26H30FN5O5S2. The summed E-state index contributed by atoms with van der Waals surface area (Å²) in [6, 6.07) is 6.43. The highest BCUT2D eigenvalue weighted by molar-refractivity contribution is 7.90. The molecule has 0 unspecified atom stereocenters. The topological polar surface area (TPSA) is 147 Å². The number of hydrogen-bond donors (Lipinski definition) is 3. The van der Waals surface area contributed by atoms with E-state index in [0.717, 1.165) is 31.0 Å². The molecule has 13 heteroatoms. The van der Waals surface area contributed by atoms with Crippen LogP contribution in [0.15, 0.2) is 46.6 Å². The minimum Gasteiger partial charge on any atom is -0.380 e. The molecule has 1 atom stereocenters. The molecule has 1 saturated carbocycles. The number of alkyl halides is 1. The molecule has 1 aromatic carbocycles. The average molecular weight is 576 g/mol. The lowest BCUT2D eigenvalue weighted by Crippen LogP contribution is -2.36. The van der Waals surface area contributed by atoms with Crippen LogP contribution in [0.5, 0.6) is 0 Å². The first kappa shape index (κ1) is 27.4. The van der Waals surface area contributed by atoms with Crippen molar-refractivity contribution in [3.05, 3.63) is 53.5 Å². The number of rotatable bonds is 9. The summed E-state index contributed by atoms with van der Waals surface area (Å²) in [6.45, 7) is 3.37. The SMILES string of the molecule is CC(=O)NS(=O)(=O)c1ccc(N[C@@H]2Cc3cc4cnc(C5CC5)cc4c(S(=O)(=O)NCC(C)(C)F)c3C2)cn1. The molecular weight excluding hydrogens is 545 g/mol. The fraction of sp³-hybridized carbons (Fsp3) is 0.423. The molecule has 10 nitrogen and oxygen atoms in total. The number of sulfonamides is 2. The highest BCUT2D eigenvalue weighted by atomic mass is 32.2. The number of benzene rings is 1. The van der Waals surface area contributed by atoms with Crippen molar-refractivity contribution in [2.24, 2.45) is 0 Å². The van der Waals surface area contributed by atoms with E-state index in [1.807, 2.05) is 16.9 Å². The van der Waals surface area contributed by atoms with Crippen LogP contribution in [0, 0.1) is 0 Å². The number of amides is 1. The predicted octanol–water partition coefficient (Wildman–Crippen LogP) is 2.94. The fourth-order valence-corrected chi connectivity index (χ4v) is 7.42. The van der Waals surface area contributed by atoms with Crippen molar-refractivity contribution < 1.29 is 26.0 Å². The molecule has 208 valence electrons. The first-order valence-electron chi connectivity index (χ1n) is 12.6. The lowest BCUT2D eigenvalue weighted by Gasteiger charge is -2.18. The van der Waals surface area contributed by atoms with Gasteiger partial charge in [0.05, 0.1) is 16.8 Å². The number of hydrogen-bond acceptors (Lipinski definition) is 8. The van der Waals surface area contributed by atoms with Crippen LogP contribution in [0.4, 0.5) is 10.1 Å². The van der Waals surface area contributed by atoms with Crippen molar-refractivity contribution >= 4 is 42.4 Å². The van der Waals surface area contributed by atoms with Gasteiger partial charge in [-0.1, -0.05) is 0 Å². The van der Waals surface area contributed by atoms with E-state index in [1.54, 1.807) is 6.20 Å². The summed E-state index contributed by atoms with van der Waals surface area (Å²) in [5.74, 6) is -0.389. The number of pyridine rings is 2. The molecule has 3 N–H and O–H groups in total. The van der Waals surface area contributed by atoms with Gasteiger partial charge in [-0.2, -0.15) is 8.42 Å². The first-order valence-corrected chi connectivity index (χ1v) is 15.6. The molecule has 0 spiro atoms. The molecule has 1 amide bonds. The number of carbonyl (C=O) groups excluding carboxylic acids is 1. The molecule has 0 saturated heterocycles. The number of halogens is 1. The summed E-state index contributed by atoms with van der Waals surface area (Å²) in [5.41, 5.74) is 1.18. The van der Waals surface area contributed by atoms with Crippen LogP contribution in [0.25, 0.3) is 10.8 Å². The Morgan fingerprint density at radius 3 is 2.41 bits per heavy atom. The lowest BCUT2D eigenvalue weighted by atomic mass is 10.0. The van der Waals surface area contributed by atoms with Crippen LogP contribution in [0.1, 0.15) is 56.4 Å². The zero-order valence-corrected chi connectivity index (χ0v) is 23.4. The summed E-state index contributed by atoms with van der Waals surface area (Å²) in [6.07, 6.45) is 5.99. The minimum atomic E-state index is -4.06. The van der Waals surface area contributed by atoms with Crippen LogP contribution in [0.3, 0.4) is 0 Å². The van der Waals surface area contributed by atoms with Crippen molar-refractivity contribution in [2.75, 3.05) is 11.9 Å². The second kappa shape index (κ2) is 9.79. The number of nitrogens with zero attached hydrogens (tertiary/aromatic N) is 2. The van der Waals surface area contributed by atoms with E-state index in [9.17, 15) is 26.0 Å². The zero-order valence-electron chi connectivity index (χ0n) is 21.8. The number of anilines is 1. The molecule has 1 fully saturated rings. The Balaban J connectivity index is 1.46. The van der Waals surface area contributed by atoms with Gasteiger partial charge in [0.25, 0.3) is 10.0 Å². The van der Waals surface area contributed by atoms with E-state index in [2.05, 4.69) is 20.0 Å². The standard InChI is InChI=1S/C26H30FN5O5S2/c1-15(33)32-38(34,35)24-7-6-19(13-29-24)31-20-9-17-8-18-12-28-23(16-4-5-16)11-22(18)25(21(17)10-20)39(36,37)30-14-26(2,3)27/h6-8,11-13,16,20,30-31H,4-5,9-10,14H2,1-3H3,(H,32,33)/t20-/m1/s1. The molecule has 5 rings (SSSR count). The molecule has 0 bridgehead atoms. The van der Waals surface area contributed by atoms with Gasteiger partial charge in [0.15, 0.2) is 5.03 Å². The van der Waals surface area contributed by atoms with E-state index in [-0.39, 0.29) is 22.5 Å². The molecule has 2 heterocycles. The van der Waals surface area contributed by atoms with Gasteiger partial charge in [-0.15, -0.1) is 0 Å². The van der Waals surface area contributed by atoms with E-state index < -0.39 is 31.6 Å². The molecule has 2 aromatic heterocycles. The Morgan fingerprint density at radius 1 is 1.05 bits per heavy atom. The van der Waals surface area contributed by atoms with Crippen LogP contribution in [-0.2, 0) is 37.7 Å². The van der Waals surface area contributed by atoms with E-state index in [0.29, 0.717) is 40.8 Å². The molecule has 2 aliphatic carbocycles. The van der Waals surface area contributed by atoms with Gasteiger partial charge in [0, 0.05) is 48.1 Å². The Kier molecular flexibility index (Phi) is 6.88. The summed E-state index contributed by atoms with van der Waals surface area (Å²) >= 11 is 0. The Hall–Kier alpha value is -3.16. The van der Waals surface area contributed by atoms with Crippen molar-refractivity contribution in [2.45, 2.75) is 74.0 Å². The van der Waals surface area contributed by atoms with Crippen molar-refractivity contribution in [3.63, 3.8) is 0 Å². The number of nitrogens with one attached hydrogen (secondary N) is 3. The fourth-order valence-electron chi connectivity index (χ4n) is 4.82. The number of fused-ring (bicyclic) bond motifs is 2. The van der Waals surface area contributed by atoms with Gasteiger partial charge in [0.1, 0.15) is 5.67 Å². The second-order valence-corrected chi connectivity index (χ2v) is 14.1.